The predicted molar refractivity (Wildman–Crippen MR) is 90.6 cm³/mol. The maximum atomic E-state index is 14.1. The molecule has 7 heteroatoms. The van der Waals surface area contributed by atoms with Crippen LogP contribution in [0.3, 0.4) is 0 Å². The number of anilines is 2. The van der Waals surface area contributed by atoms with Crippen LogP contribution in [0.2, 0.25) is 5.28 Å². The maximum absolute atomic E-state index is 14.1. The summed E-state index contributed by atoms with van der Waals surface area (Å²) < 4.78 is 35.0. The number of rotatable bonds is 5. The summed E-state index contributed by atoms with van der Waals surface area (Å²) in [5, 5.41) is 4.82. The number of alkyl halides is 1. The summed E-state index contributed by atoms with van der Waals surface area (Å²) in [4.78, 5) is 12.1. The Balaban J connectivity index is 1.62. The topological polar surface area (TPSA) is 59.9 Å². The molecule has 0 radical (unpaired) electrons. The molecule has 2 aromatic heterocycles. The van der Waals surface area contributed by atoms with Crippen LogP contribution >= 0.6 is 11.6 Å². The van der Waals surface area contributed by atoms with Gasteiger partial charge in [-0.3, -0.25) is 0 Å². The number of hydrogen-bond acceptors (Lipinski definition) is 5. The summed E-state index contributed by atoms with van der Waals surface area (Å²) in [6, 6.07) is 6.76. The van der Waals surface area contributed by atoms with Crippen LogP contribution in [0.25, 0.3) is 10.8 Å². The molecule has 0 aliphatic heterocycles. The third kappa shape index (κ3) is 3.23. The monoisotopic (exact) mass is 346 g/mol. The lowest BCUT2D eigenvalue weighted by molar-refractivity contribution is 0.178. The van der Waals surface area contributed by atoms with Gasteiger partial charge in [0.15, 0.2) is 0 Å². The van der Waals surface area contributed by atoms with Crippen LogP contribution in [-0.4, -0.2) is 27.2 Å². The van der Waals surface area contributed by atoms with Crippen LogP contribution in [0.15, 0.2) is 42.9 Å². The van der Waals surface area contributed by atoms with E-state index in [1.807, 2.05) is 0 Å². The normalized spacial score (nSPS) is 17.1. The minimum absolute atomic E-state index is 0.152. The van der Waals surface area contributed by atoms with Crippen molar-refractivity contribution in [3.8, 4) is 5.75 Å². The Morgan fingerprint density at radius 1 is 1.25 bits per heavy atom. The van der Waals surface area contributed by atoms with E-state index in [2.05, 4.69) is 20.3 Å². The van der Waals surface area contributed by atoms with Crippen molar-refractivity contribution in [1.82, 2.24) is 15.0 Å². The second kappa shape index (κ2) is 5.87. The molecule has 0 unspecified atom stereocenters. The van der Waals surface area contributed by atoms with Gasteiger partial charge in [0.1, 0.15) is 23.8 Å². The van der Waals surface area contributed by atoms with Gasteiger partial charge in [-0.1, -0.05) is 0 Å². The molecular weight excluding hydrogens is 331 g/mol. The molecule has 0 amide bonds. The summed E-state index contributed by atoms with van der Waals surface area (Å²) in [6.07, 6.45) is 5.04. The van der Waals surface area contributed by atoms with E-state index in [1.54, 1.807) is 30.5 Å². The average Bonchev–Trinajstić information content (AvgIpc) is 3.36. The SMILES string of the molecule is [2H]C([2H])(Oc1ccc2c(Nc3cnc(Cl)nc3)nccc2c1)C1(F)CC1. The molecule has 4 rings (SSSR count). The van der Waals surface area contributed by atoms with Crippen molar-refractivity contribution in [3.05, 3.63) is 48.1 Å². The lowest BCUT2D eigenvalue weighted by atomic mass is 10.1. The largest absolute Gasteiger partial charge is 0.490 e. The van der Waals surface area contributed by atoms with Crippen molar-refractivity contribution >= 4 is 33.9 Å². The minimum atomic E-state index is -2.35. The number of ether oxygens (including phenoxy) is 1. The highest BCUT2D eigenvalue weighted by Gasteiger charge is 2.44. The quantitative estimate of drug-likeness (QED) is 0.698. The summed E-state index contributed by atoms with van der Waals surface area (Å²) in [5.41, 5.74) is -1.28. The summed E-state index contributed by atoms with van der Waals surface area (Å²) in [5.74, 6) is 0.838. The number of fused-ring (bicyclic) bond motifs is 1. The van der Waals surface area contributed by atoms with Gasteiger partial charge in [-0.25, -0.2) is 19.3 Å². The third-order valence-electron chi connectivity index (χ3n) is 3.66. The zero-order valence-electron chi connectivity index (χ0n) is 14.5. The summed E-state index contributed by atoms with van der Waals surface area (Å²) >= 11 is 5.68. The van der Waals surface area contributed by atoms with Crippen molar-refractivity contribution in [1.29, 1.82) is 0 Å². The second-order valence-electron chi connectivity index (χ2n) is 5.58. The molecule has 3 aromatic rings. The molecule has 1 N–H and O–H groups in total. The first-order valence-electron chi connectivity index (χ1n) is 8.38. The number of benzene rings is 1. The van der Waals surface area contributed by atoms with Crippen LogP contribution in [0.5, 0.6) is 5.75 Å². The third-order valence-corrected chi connectivity index (χ3v) is 3.85. The Hall–Kier alpha value is -2.47. The van der Waals surface area contributed by atoms with Crippen LogP contribution in [0.1, 0.15) is 15.6 Å². The standard InChI is InChI=1S/C17H14ClFN4O/c18-16-21-8-12(9-22-16)23-15-14-2-1-13(7-11(14)3-6-20-15)24-10-17(19)4-5-17/h1-3,6-9H,4-5,10H2,(H,20,23)/i10D2. The maximum Gasteiger partial charge on any atom is 0.222 e. The van der Waals surface area contributed by atoms with Gasteiger partial charge in [-0.2, -0.15) is 0 Å². The molecule has 0 saturated heterocycles. The fourth-order valence-corrected chi connectivity index (χ4v) is 2.29. The average molecular weight is 347 g/mol. The fourth-order valence-electron chi connectivity index (χ4n) is 2.19. The molecule has 122 valence electrons. The van der Waals surface area contributed by atoms with Gasteiger partial charge in [0, 0.05) is 11.6 Å². The number of halogens is 2. The van der Waals surface area contributed by atoms with Crippen molar-refractivity contribution < 1.29 is 11.9 Å². The molecule has 1 fully saturated rings. The van der Waals surface area contributed by atoms with Gasteiger partial charge in [0.25, 0.3) is 0 Å². The highest BCUT2D eigenvalue weighted by molar-refractivity contribution is 6.28. The molecule has 24 heavy (non-hydrogen) atoms. The Morgan fingerprint density at radius 3 is 2.79 bits per heavy atom. The van der Waals surface area contributed by atoms with Gasteiger partial charge >= 0.3 is 0 Å². The molecule has 2 heterocycles. The molecule has 0 bridgehead atoms. The summed E-state index contributed by atoms with van der Waals surface area (Å²) in [7, 11) is 0. The van der Waals surface area contributed by atoms with E-state index < -0.39 is 12.2 Å². The number of hydrogen-bond donors (Lipinski definition) is 1. The van der Waals surface area contributed by atoms with Gasteiger partial charge in [-0.05, 0) is 54.1 Å². The second-order valence-corrected chi connectivity index (χ2v) is 5.92. The smallest absolute Gasteiger partial charge is 0.222 e. The van der Waals surface area contributed by atoms with Crippen LogP contribution < -0.4 is 10.1 Å². The number of nitrogens with zero attached hydrogens (tertiary/aromatic N) is 3. The van der Waals surface area contributed by atoms with E-state index in [9.17, 15) is 4.39 Å². The highest BCUT2D eigenvalue weighted by atomic mass is 35.5. The van der Waals surface area contributed by atoms with Crippen molar-refractivity contribution in [2.45, 2.75) is 18.5 Å². The molecule has 1 aliphatic rings. The van der Waals surface area contributed by atoms with E-state index in [4.69, 9.17) is 19.1 Å². The lowest BCUT2D eigenvalue weighted by Gasteiger charge is -2.11. The van der Waals surface area contributed by atoms with Gasteiger partial charge in [-0.15, -0.1) is 0 Å². The molecular formula is C17H14ClFN4O. The van der Waals surface area contributed by atoms with E-state index in [-0.39, 0.29) is 23.9 Å². The Kier molecular flexibility index (Phi) is 3.15. The van der Waals surface area contributed by atoms with Gasteiger partial charge < -0.3 is 10.1 Å². The first-order chi connectivity index (χ1) is 12.4. The van der Waals surface area contributed by atoms with Crippen molar-refractivity contribution in [2.24, 2.45) is 0 Å². The van der Waals surface area contributed by atoms with Crippen molar-refractivity contribution in [3.63, 3.8) is 0 Å². The molecule has 1 saturated carbocycles. The molecule has 1 aliphatic carbocycles. The predicted octanol–water partition coefficient (Wildman–Crippen LogP) is 4.30. The molecule has 1 aromatic carbocycles. The number of pyridine rings is 1. The van der Waals surface area contributed by atoms with Crippen molar-refractivity contribution in [2.75, 3.05) is 11.9 Å². The Bertz CT molecular complexity index is 967. The minimum Gasteiger partial charge on any atom is -0.490 e. The first kappa shape index (κ1) is 12.9. The van der Waals surface area contributed by atoms with Crippen LogP contribution in [0, 0.1) is 0 Å². The van der Waals surface area contributed by atoms with E-state index in [1.165, 1.54) is 12.4 Å². The van der Waals surface area contributed by atoms with E-state index in [0.29, 0.717) is 11.5 Å². The lowest BCUT2D eigenvalue weighted by Crippen LogP contribution is -2.13. The van der Waals surface area contributed by atoms with Crippen LogP contribution in [0.4, 0.5) is 15.9 Å². The molecule has 0 atom stereocenters. The van der Waals surface area contributed by atoms with Crippen LogP contribution in [-0.2, 0) is 0 Å². The molecule has 5 nitrogen and oxygen atoms in total. The zero-order valence-corrected chi connectivity index (χ0v) is 13.2. The Labute approximate surface area is 145 Å². The van der Waals surface area contributed by atoms with E-state index >= 15 is 0 Å². The number of nitrogens with one attached hydrogen (secondary N) is 1. The highest BCUT2D eigenvalue weighted by Crippen LogP contribution is 2.40. The Morgan fingerprint density at radius 2 is 2.04 bits per heavy atom. The first-order valence-corrected chi connectivity index (χ1v) is 7.75. The fraction of sp³-hybridized carbons (Fsp3) is 0.235. The number of aromatic nitrogens is 3. The van der Waals surface area contributed by atoms with Gasteiger partial charge in [0.05, 0.1) is 20.8 Å². The zero-order chi connectivity index (χ0) is 18.4. The summed E-state index contributed by atoms with van der Waals surface area (Å²) in [6.45, 7) is -2.35. The van der Waals surface area contributed by atoms with E-state index in [0.717, 1.165) is 10.8 Å². The van der Waals surface area contributed by atoms with Gasteiger partial charge in [0.2, 0.25) is 5.28 Å². The molecule has 0 spiro atoms.